The highest BCUT2D eigenvalue weighted by Crippen LogP contribution is 2.38. The number of nitrogens with one attached hydrogen (secondary N) is 1. The number of carbonyl (C=O) groups excluding carboxylic acids is 2. The maximum Gasteiger partial charge on any atom is 0.325 e. The van der Waals surface area contributed by atoms with Crippen molar-refractivity contribution in [2.75, 3.05) is 13.2 Å². The van der Waals surface area contributed by atoms with E-state index < -0.39 is 5.97 Å². The third-order valence-electron chi connectivity index (χ3n) is 4.73. The lowest BCUT2D eigenvalue weighted by molar-refractivity contribution is -0.141. The Hall–Kier alpha value is -3.06. The van der Waals surface area contributed by atoms with E-state index >= 15 is 0 Å². The van der Waals surface area contributed by atoms with E-state index in [-0.39, 0.29) is 25.2 Å². The number of hydrogen-bond donors (Lipinski definition) is 1. The van der Waals surface area contributed by atoms with E-state index in [2.05, 4.69) is 16.0 Å². The number of carbonyl (C=O) groups is 2. The molecule has 0 saturated heterocycles. The number of amides is 2. The van der Waals surface area contributed by atoms with Crippen LogP contribution in [-0.2, 0) is 16.1 Å². The van der Waals surface area contributed by atoms with Gasteiger partial charge in [-0.05, 0) is 42.1 Å². The van der Waals surface area contributed by atoms with E-state index in [0.717, 1.165) is 21.8 Å². The Morgan fingerprint density at radius 2 is 2.04 bits per heavy atom. The average molecular weight is 395 g/mol. The fourth-order valence-corrected chi connectivity index (χ4v) is 4.40. The van der Waals surface area contributed by atoms with Crippen molar-refractivity contribution in [1.29, 1.82) is 0 Å². The van der Waals surface area contributed by atoms with Crippen molar-refractivity contribution in [3.8, 4) is 5.69 Å². The summed E-state index contributed by atoms with van der Waals surface area (Å²) in [5.74, 6) is -0.442. The van der Waals surface area contributed by atoms with Gasteiger partial charge in [-0.25, -0.2) is 4.79 Å². The first-order valence-electron chi connectivity index (χ1n) is 9.18. The predicted molar refractivity (Wildman–Crippen MR) is 108 cm³/mol. The molecule has 144 valence electrons. The van der Waals surface area contributed by atoms with Gasteiger partial charge in [0.25, 0.3) is 0 Å². The Bertz CT molecular complexity index is 980. The normalized spacial score (nSPS) is 15.3. The van der Waals surface area contributed by atoms with Crippen molar-refractivity contribution in [3.63, 3.8) is 0 Å². The Morgan fingerprint density at radius 3 is 2.82 bits per heavy atom. The molecular weight excluding hydrogens is 374 g/mol. The summed E-state index contributed by atoms with van der Waals surface area (Å²) in [4.78, 5) is 27.7. The van der Waals surface area contributed by atoms with Crippen molar-refractivity contribution >= 4 is 23.3 Å². The number of hydrogen-bond acceptors (Lipinski definition) is 4. The molecule has 0 saturated carbocycles. The molecule has 3 aromatic rings. The number of nitrogens with zero attached hydrogens (tertiary/aromatic N) is 2. The van der Waals surface area contributed by atoms with Crippen LogP contribution in [0, 0.1) is 0 Å². The molecule has 0 aliphatic carbocycles. The van der Waals surface area contributed by atoms with Gasteiger partial charge in [-0.3, -0.25) is 4.79 Å². The van der Waals surface area contributed by atoms with Crippen LogP contribution in [0.1, 0.15) is 29.1 Å². The lowest BCUT2D eigenvalue weighted by Gasteiger charge is -2.29. The van der Waals surface area contributed by atoms with Crippen molar-refractivity contribution in [2.24, 2.45) is 0 Å². The number of rotatable bonds is 4. The third-order valence-corrected chi connectivity index (χ3v) is 5.65. The summed E-state index contributed by atoms with van der Waals surface area (Å²) in [5.41, 5.74) is 3.12. The van der Waals surface area contributed by atoms with Crippen LogP contribution >= 0.6 is 11.3 Å². The highest BCUT2D eigenvalue weighted by molar-refractivity contribution is 7.10. The number of aromatic nitrogens is 1. The molecule has 1 aliphatic rings. The lowest BCUT2D eigenvalue weighted by Crippen LogP contribution is -2.43. The number of urea groups is 1. The Balaban J connectivity index is 1.73. The van der Waals surface area contributed by atoms with Gasteiger partial charge in [-0.1, -0.05) is 24.3 Å². The minimum atomic E-state index is -0.442. The number of benzene rings is 1. The van der Waals surface area contributed by atoms with E-state index in [4.69, 9.17) is 4.74 Å². The maximum atomic E-state index is 13.1. The Morgan fingerprint density at radius 1 is 1.18 bits per heavy atom. The van der Waals surface area contributed by atoms with Gasteiger partial charge in [0.1, 0.15) is 12.6 Å². The zero-order chi connectivity index (χ0) is 19.5. The van der Waals surface area contributed by atoms with Crippen molar-refractivity contribution in [3.05, 3.63) is 76.2 Å². The molecule has 1 unspecified atom stereocenters. The third kappa shape index (κ3) is 3.41. The lowest BCUT2D eigenvalue weighted by atomic mass is 10.1. The SMILES string of the molecule is CCOC(=O)CNC(=O)N1Cc2ccccc2-n2cccc2C1c1cccs1. The summed E-state index contributed by atoms with van der Waals surface area (Å²) in [5, 5.41) is 4.73. The summed E-state index contributed by atoms with van der Waals surface area (Å²) in [6.07, 6.45) is 2.02. The summed E-state index contributed by atoms with van der Waals surface area (Å²) < 4.78 is 7.07. The van der Waals surface area contributed by atoms with Crippen LogP contribution in [0.25, 0.3) is 5.69 Å². The van der Waals surface area contributed by atoms with Crippen LogP contribution < -0.4 is 5.32 Å². The van der Waals surface area contributed by atoms with Gasteiger partial charge in [-0.2, -0.15) is 0 Å². The summed E-state index contributed by atoms with van der Waals surface area (Å²) in [7, 11) is 0. The van der Waals surface area contributed by atoms with Crippen molar-refractivity contribution in [2.45, 2.75) is 19.5 Å². The van der Waals surface area contributed by atoms with E-state index in [1.54, 1.807) is 23.2 Å². The molecule has 3 heterocycles. The fraction of sp³-hybridized carbons (Fsp3) is 0.238. The average Bonchev–Trinajstić information content (AvgIpc) is 3.37. The summed E-state index contributed by atoms with van der Waals surface area (Å²) in [6, 6.07) is 15.6. The largest absolute Gasteiger partial charge is 0.465 e. The molecule has 1 aromatic carbocycles. The molecule has 0 spiro atoms. The first-order chi connectivity index (χ1) is 13.7. The zero-order valence-electron chi connectivity index (χ0n) is 15.5. The minimum Gasteiger partial charge on any atom is -0.465 e. The van der Waals surface area contributed by atoms with Gasteiger partial charge < -0.3 is 19.5 Å². The molecule has 2 amide bonds. The zero-order valence-corrected chi connectivity index (χ0v) is 16.3. The molecule has 4 rings (SSSR count). The molecular formula is C21H21N3O3S. The van der Waals surface area contributed by atoms with E-state index in [0.29, 0.717) is 6.54 Å². The molecule has 1 aliphatic heterocycles. The summed E-state index contributed by atoms with van der Waals surface area (Å²) in [6.45, 7) is 2.32. The monoisotopic (exact) mass is 395 g/mol. The van der Waals surface area contributed by atoms with Crippen LogP contribution in [0.5, 0.6) is 0 Å². The van der Waals surface area contributed by atoms with E-state index in [1.165, 1.54) is 0 Å². The first-order valence-corrected chi connectivity index (χ1v) is 10.1. The quantitative estimate of drug-likeness (QED) is 0.685. The molecule has 0 radical (unpaired) electrons. The molecule has 28 heavy (non-hydrogen) atoms. The molecule has 7 heteroatoms. The van der Waals surface area contributed by atoms with E-state index in [9.17, 15) is 9.59 Å². The topological polar surface area (TPSA) is 63.6 Å². The number of ether oxygens (including phenoxy) is 1. The van der Waals surface area contributed by atoms with Gasteiger partial charge in [0, 0.05) is 11.1 Å². The number of esters is 1. The number of thiophene rings is 1. The number of para-hydroxylation sites is 1. The second-order valence-corrected chi connectivity index (χ2v) is 7.42. The van der Waals surface area contributed by atoms with Gasteiger partial charge >= 0.3 is 12.0 Å². The predicted octanol–water partition coefficient (Wildman–Crippen LogP) is 3.72. The Labute approximate surface area is 167 Å². The maximum absolute atomic E-state index is 13.1. The van der Waals surface area contributed by atoms with Crippen LogP contribution in [0.4, 0.5) is 4.79 Å². The van der Waals surface area contributed by atoms with Crippen LogP contribution in [0.15, 0.2) is 60.1 Å². The molecule has 1 atom stereocenters. The standard InChI is InChI=1S/C21H21N3O3S/c1-2-27-19(25)13-22-21(26)24-14-15-7-3-4-8-16(15)23-11-5-9-17(23)20(24)18-10-6-12-28-18/h3-12,20H,2,13-14H2,1H3,(H,22,26). The van der Waals surface area contributed by atoms with Crippen molar-refractivity contribution in [1.82, 2.24) is 14.8 Å². The van der Waals surface area contributed by atoms with E-state index in [1.807, 2.05) is 54.0 Å². The van der Waals surface area contributed by atoms with Gasteiger partial charge in [-0.15, -0.1) is 11.3 Å². The molecule has 6 nitrogen and oxygen atoms in total. The van der Waals surface area contributed by atoms with Gasteiger partial charge in [0.15, 0.2) is 0 Å². The van der Waals surface area contributed by atoms with Gasteiger partial charge in [0.05, 0.1) is 24.5 Å². The minimum absolute atomic E-state index is 0.150. The second kappa shape index (κ2) is 7.90. The van der Waals surface area contributed by atoms with Crippen LogP contribution in [-0.4, -0.2) is 34.6 Å². The van der Waals surface area contributed by atoms with Crippen LogP contribution in [0.3, 0.4) is 0 Å². The van der Waals surface area contributed by atoms with Gasteiger partial charge in [0.2, 0.25) is 0 Å². The summed E-state index contributed by atoms with van der Waals surface area (Å²) >= 11 is 1.61. The second-order valence-electron chi connectivity index (χ2n) is 6.44. The molecule has 0 bridgehead atoms. The highest BCUT2D eigenvalue weighted by Gasteiger charge is 2.33. The molecule has 2 aromatic heterocycles. The molecule has 0 fully saturated rings. The first kappa shape index (κ1) is 18.3. The van der Waals surface area contributed by atoms with Crippen molar-refractivity contribution < 1.29 is 14.3 Å². The fourth-order valence-electron chi connectivity index (χ4n) is 3.55. The number of fused-ring (bicyclic) bond motifs is 3. The Kier molecular flexibility index (Phi) is 5.16. The smallest absolute Gasteiger partial charge is 0.325 e. The highest BCUT2D eigenvalue weighted by atomic mass is 32.1. The molecule has 1 N–H and O–H groups in total. The van der Waals surface area contributed by atoms with Crippen LogP contribution in [0.2, 0.25) is 0 Å².